The van der Waals surface area contributed by atoms with Gasteiger partial charge in [0.2, 0.25) is 0 Å². The molecule has 3 saturated carbocycles. The van der Waals surface area contributed by atoms with E-state index in [9.17, 15) is 14.4 Å². The van der Waals surface area contributed by atoms with Crippen LogP contribution in [0.25, 0.3) is 11.2 Å². The molecule has 3 fully saturated rings. The minimum Gasteiger partial charge on any atom is -0.481 e. The van der Waals surface area contributed by atoms with E-state index in [0.717, 1.165) is 0 Å². The molecule has 0 amide bonds. The van der Waals surface area contributed by atoms with Gasteiger partial charge in [-0.15, -0.1) is 0 Å². The highest BCUT2D eigenvalue weighted by atomic mass is 16.4. The Morgan fingerprint density at radius 2 is 1.95 bits per heavy atom. The summed E-state index contributed by atoms with van der Waals surface area (Å²) in [5.41, 5.74) is -0.806. The van der Waals surface area contributed by atoms with Gasteiger partial charge < -0.3 is 9.67 Å². The number of imidazole rings is 1. The lowest BCUT2D eigenvalue weighted by Crippen LogP contribution is -2.67. The van der Waals surface area contributed by atoms with Gasteiger partial charge in [0, 0.05) is 20.6 Å². The summed E-state index contributed by atoms with van der Waals surface area (Å²) >= 11 is 0. The van der Waals surface area contributed by atoms with Crippen LogP contribution in [0.5, 0.6) is 0 Å². The number of hydrogen-bond donors (Lipinski definition) is 1. The average molecular weight is 304 g/mol. The molecule has 0 radical (unpaired) electrons. The van der Waals surface area contributed by atoms with E-state index in [1.807, 2.05) is 0 Å². The molecule has 2 heterocycles. The summed E-state index contributed by atoms with van der Waals surface area (Å²) in [6.45, 7) is 0.286. The molecule has 8 nitrogen and oxygen atoms in total. The molecule has 0 saturated heterocycles. The number of aliphatic carboxylic acids is 1. The number of rotatable bonds is 3. The van der Waals surface area contributed by atoms with Gasteiger partial charge in [0.1, 0.15) is 0 Å². The number of fused-ring (bicyclic) bond motifs is 1. The first-order chi connectivity index (χ1) is 10.3. The highest BCUT2D eigenvalue weighted by molar-refractivity contribution is 5.79. The quantitative estimate of drug-likeness (QED) is 0.838. The van der Waals surface area contributed by atoms with Gasteiger partial charge in [-0.05, 0) is 24.7 Å². The van der Waals surface area contributed by atoms with Crippen molar-refractivity contribution < 1.29 is 9.90 Å². The largest absolute Gasteiger partial charge is 0.481 e. The van der Waals surface area contributed by atoms with Gasteiger partial charge in [-0.3, -0.25) is 18.7 Å². The Bertz CT molecular complexity index is 928. The SMILES string of the molecule is Cn1cnc2c1c(=O)n(CC13CC(C(=O)O)(C1)C3)c(=O)n2C. The predicted octanol–water partition coefficient (Wildman–Crippen LogP) is -0.311. The van der Waals surface area contributed by atoms with E-state index in [0.29, 0.717) is 30.4 Å². The lowest BCUT2D eigenvalue weighted by molar-refractivity contribution is -0.227. The second kappa shape index (κ2) is 3.68. The maximum Gasteiger partial charge on any atom is 0.332 e. The van der Waals surface area contributed by atoms with E-state index in [2.05, 4.69) is 4.98 Å². The van der Waals surface area contributed by atoms with Gasteiger partial charge in [-0.2, -0.15) is 0 Å². The molecule has 3 aliphatic carbocycles. The number of nitrogens with zero attached hydrogens (tertiary/aromatic N) is 4. The van der Waals surface area contributed by atoms with Crippen LogP contribution >= 0.6 is 0 Å². The number of carbonyl (C=O) groups is 1. The van der Waals surface area contributed by atoms with Crippen molar-refractivity contribution >= 4 is 17.1 Å². The molecule has 0 atom stereocenters. The van der Waals surface area contributed by atoms with Crippen molar-refractivity contribution in [1.82, 2.24) is 18.7 Å². The number of aryl methyl sites for hydroxylation is 2. The summed E-state index contributed by atoms with van der Waals surface area (Å²) in [5.74, 6) is -0.767. The van der Waals surface area contributed by atoms with Gasteiger partial charge >= 0.3 is 11.7 Å². The molecule has 0 aliphatic heterocycles. The third kappa shape index (κ3) is 1.37. The van der Waals surface area contributed by atoms with Crippen molar-refractivity contribution in [2.45, 2.75) is 25.8 Å². The second-order valence-electron chi connectivity index (χ2n) is 6.88. The third-order valence-electron chi connectivity index (χ3n) is 5.29. The Kier molecular flexibility index (Phi) is 2.23. The molecule has 22 heavy (non-hydrogen) atoms. The minimum atomic E-state index is -0.767. The lowest BCUT2D eigenvalue weighted by atomic mass is 9.35. The van der Waals surface area contributed by atoms with Crippen LogP contribution < -0.4 is 11.2 Å². The van der Waals surface area contributed by atoms with Crippen molar-refractivity contribution in [3.63, 3.8) is 0 Å². The van der Waals surface area contributed by atoms with Crippen LogP contribution in [0.2, 0.25) is 0 Å². The van der Waals surface area contributed by atoms with Crippen molar-refractivity contribution in [2.75, 3.05) is 0 Å². The van der Waals surface area contributed by atoms with Gasteiger partial charge in [0.15, 0.2) is 11.2 Å². The van der Waals surface area contributed by atoms with Crippen LogP contribution in [-0.4, -0.2) is 29.8 Å². The Balaban J connectivity index is 1.78. The Labute approximate surface area is 124 Å². The maximum atomic E-state index is 12.6. The van der Waals surface area contributed by atoms with Gasteiger partial charge in [0.05, 0.1) is 11.7 Å². The van der Waals surface area contributed by atoms with Gasteiger partial charge in [-0.1, -0.05) is 0 Å². The first kappa shape index (κ1) is 13.3. The van der Waals surface area contributed by atoms with E-state index < -0.39 is 17.1 Å². The molecular weight excluding hydrogens is 288 g/mol. The molecule has 116 valence electrons. The Hall–Kier alpha value is -2.38. The van der Waals surface area contributed by atoms with Crippen LogP contribution in [0.4, 0.5) is 0 Å². The third-order valence-corrected chi connectivity index (χ3v) is 5.29. The van der Waals surface area contributed by atoms with Crippen molar-refractivity contribution in [3.8, 4) is 0 Å². The second-order valence-corrected chi connectivity index (χ2v) is 6.88. The van der Waals surface area contributed by atoms with Crippen LogP contribution in [0.15, 0.2) is 15.9 Å². The first-order valence-corrected chi connectivity index (χ1v) is 7.13. The standard InChI is InChI=1S/C14H16N4O4/c1-16-7-15-9-8(16)10(19)18(12(22)17(9)2)6-13-3-14(4-13,5-13)11(20)21/h7H,3-6H2,1-2H3,(H,20,21). The molecule has 0 aromatic carbocycles. The van der Waals surface area contributed by atoms with Crippen LogP contribution in [0, 0.1) is 10.8 Å². The molecule has 0 spiro atoms. The van der Waals surface area contributed by atoms with Crippen LogP contribution in [-0.2, 0) is 25.4 Å². The molecule has 5 rings (SSSR count). The fourth-order valence-corrected chi connectivity index (χ4v) is 4.26. The summed E-state index contributed by atoms with van der Waals surface area (Å²) in [4.78, 5) is 40.3. The summed E-state index contributed by atoms with van der Waals surface area (Å²) in [6, 6.07) is 0. The molecule has 0 unspecified atom stereocenters. The number of hydrogen-bond acceptors (Lipinski definition) is 4. The average Bonchev–Trinajstić information content (AvgIpc) is 2.74. The van der Waals surface area contributed by atoms with Crippen LogP contribution in [0.1, 0.15) is 19.3 Å². The molecule has 3 aliphatic rings. The van der Waals surface area contributed by atoms with E-state index >= 15 is 0 Å². The fraction of sp³-hybridized carbons (Fsp3) is 0.571. The van der Waals surface area contributed by atoms with Crippen molar-refractivity contribution in [3.05, 3.63) is 27.2 Å². The van der Waals surface area contributed by atoms with Crippen molar-refractivity contribution in [2.24, 2.45) is 24.9 Å². The summed E-state index contributed by atoms with van der Waals surface area (Å²) in [6.07, 6.45) is 3.16. The van der Waals surface area contributed by atoms with Gasteiger partial charge in [0.25, 0.3) is 5.56 Å². The summed E-state index contributed by atoms with van der Waals surface area (Å²) < 4.78 is 4.21. The maximum absolute atomic E-state index is 12.6. The Morgan fingerprint density at radius 1 is 1.32 bits per heavy atom. The summed E-state index contributed by atoms with van der Waals surface area (Å²) in [5, 5.41) is 9.17. The monoisotopic (exact) mass is 304 g/mol. The van der Waals surface area contributed by atoms with E-state index in [-0.39, 0.29) is 17.5 Å². The molecule has 1 N–H and O–H groups in total. The topological polar surface area (TPSA) is 99.1 Å². The van der Waals surface area contributed by atoms with E-state index in [1.165, 1.54) is 15.5 Å². The molecule has 8 heteroatoms. The number of carboxylic acid groups (broad SMARTS) is 1. The summed E-state index contributed by atoms with van der Waals surface area (Å²) in [7, 11) is 3.31. The minimum absolute atomic E-state index is 0.208. The van der Waals surface area contributed by atoms with E-state index in [1.54, 1.807) is 18.7 Å². The molecular formula is C14H16N4O4. The highest BCUT2D eigenvalue weighted by Crippen LogP contribution is 2.73. The zero-order valence-corrected chi connectivity index (χ0v) is 12.4. The van der Waals surface area contributed by atoms with Crippen molar-refractivity contribution in [1.29, 1.82) is 0 Å². The lowest BCUT2D eigenvalue weighted by Gasteiger charge is -2.68. The first-order valence-electron chi connectivity index (χ1n) is 7.13. The van der Waals surface area contributed by atoms with Crippen LogP contribution in [0.3, 0.4) is 0 Å². The molecule has 2 bridgehead atoms. The predicted molar refractivity (Wildman–Crippen MR) is 76.6 cm³/mol. The number of carboxylic acids is 1. The molecule has 2 aromatic heterocycles. The number of aromatic nitrogens is 4. The smallest absolute Gasteiger partial charge is 0.332 e. The zero-order chi connectivity index (χ0) is 15.9. The zero-order valence-electron chi connectivity index (χ0n) is 12.4. The van der Waals surface area contributed by atoms with Gasteiger partial charge in [-0.25, -0.2) is 9.78 Å². The fourth-order valence-electron chi connectivity index (χ4n) is 4.26. The highest BCUT2D eigenvalue weighted by Gasteiger charge is 2.71. The Morgan fingerprint density at radius 3 is 2.55 bits per heavy atom. The normalized spacial score (nSPS) is 29.2. The van der Waals surface area contributed by atoms with E-state index in [4.69, 9.17) is 5.11 Å². The molecule has 2 aromatic rings.